The van der Waals surface area contributed by atoms with Gasteiger partial charge in [-0.1, -0.05) is 26.0 Å². The van der Waals surface area contributed by atoms with E-state index in [0.29, 0.717) is 24.6 Å². The summed E-state index contributed by atoms with van der Waals surface area (Å²) >= 11 is 0. The highest BCUT2D eigenvalue weighted by Gasteiger charge is 2.16. The molecule has 19 heavy (non-hydrogen) atoms. The quantitative estimate of drug-likeness (QED) is 0.786. The van der Waals surface area contributed by atoms with Gasteiger partial charge in [0.15, 0.2) is 0 Å². The number of amides is 1. The molecule has 0 heterocycles. The molecule has 4 heteroatoms. The van der Waals surface area contributed by atoms with E-state index in [2.05, 4.69) is 19.2 Å². The van der Waals surface area contributed by atoms with Crippen LogP contribution in [0.1, 0.15) is 29.8 Å². The molecule has 4 nitrogen and oxygen atoms in total. The molecule has 1 rings (SSSR count). The van der Waals surface area contributed by atoms with Crippen LogP contribution >= 0.6 is 0 Å². The van der Waals surface area contributed by atoms with Gasteiger partial charge >= 0.3 is 0 Å². The smallest absolute Gasteiger partial charge is 0.251 e. The predicted octanol–water partition coefficient (Wildman–Crippen LogP) is 1.59. The summed E-state index contributed by atoms with van der Waals surface area (Å²) in [4.78, 5) is 12.1. The van der Waals surface area contributed by atoms with Crippen molar-refractivity contribution in [3.8, 4) is 0 Å². The second-order valence-electron chi connectivity index (χ2n) is 5.01. The van der Waals surface area contributed by atoms with Gasteiger partial charge in [-0.25, -0.2) is 0 Å². The summed E-state index contributed by atoms with van der Waals surface area (Å²) < 4.78 is 5.12. The van der Waals surface area contributed by atoms with E-state index in [1.54, 1.807) is 7.11 Å². The fourth-order valence-electron chi connectivity index (χ4n) is 1.82. The van der Waals surface area contributed by atoms with Crippen LogP contribution < -0.4 is 11.1 Å². The third kappa shape index (κ3) is 5.01. The van der Waals surface area contributed by atoms with Gasteiger partial charge in [0.25, 0.3) is 5.91 Å². The maximum atomic E-state index is 12.1. The van der Waals surface area contributed by atoms with Crippen molar-refractivity contribution in [2.45, 2.75) is 26.3 Å². The number of nitrogens with two attached hydrogens (primary N) is 1. The molecule has 1 amide bonds. The van der Waals surface area contributed by atoms with E-state index in [4.69, 9.17) is 10.5 Å². The summed E-state index contributed by atoms with van der Waals surface area (Å²) in [5.41, 5.74) is 7.32. The Morgan fingerprint density at radius 3 is 2.42 bits per heavy atom. The van der Waals surface area contributed by atoms with E-state index in [-0.39, 0.29) is 11.9 Å². The van der Waals surface area contributed by atoms with Crippen molar-refractivity contribution in [2.75, 3.05) is 20.3 Å². The SMILES string of the molecule is COCC(NC(=O)c1ccc(CCN)cc1)C(C)C. The number of benzene rings is 1. The summed E-state index contributed by atoms with van der Waals surface area (Å²) in [5, 5.41) is 3.00. The van der Waals surface area contributed by atoms with Gasteiger partial charge in [-0.3, -0.25) is 4.79 Å². The van der Waals surface area contributed by atoms with Crippen LogP contribution in [0.2, 0.25) is 0 Å². The Bertz CT molecular complexity index is 388. The number of ether oxygens (including phenoxy) is 1. The molecule has 0 aromatic heterocycles. The number of nitrogens with one attached hydrogen (secondary N) is 1. The molecule has 1 unspecified atom stereocenters. The van der Waals surface area contributed by atoms with Crippen LogP contribution in [0.15, 0.2) is 24.3 Å². The standard InChI is InChI=1S/C15H24N2O2/c1-11(2)14(10-19-3)17-15(18)13-6-4-12(5-7-13)8-9-16/h4-7,11,14H,8-10,16H2,1-3H3,(H,17,18). The maximum Gasteiger partial charge on any atom is 0.251 e. The Morgan fingerprint density at radius 1 is 1.32 bits per heavy atom. The highest BCUT2D eigenvalue weighted by molar-refractivity contribution is 5.94. The lowest BCUT2D eigenvalue weighted by Crippen LogP contribution is -2.41. The average molecular weight is 264 g/mol. The Kier molecular flexibility index (Phi) is 6.53. The molecule has 0 spiro atoms. The summed E-state index contributed by atoms with van der Waals surface area (Å²) in [5.74, 6) is 0.274. The van der Waals surface area contributed by atoms with Crippen LogP contribution in [0.4, 0.5) is 0 Å². The second kappa shape index (κ2) is 7.92. The van der Waals surface area contributed by atoms with E-state index in [1.807, 2.05) is 24.3 Å². The molecule has 1 atom stereocenters. The van der Waals surface area contributed by atoms with Gasteiger partial charge in [-0.05, 0) is 36.6 Å². The van der Waals surface area contributed by atoms with Gasteiger partial charge in [0.05, 0.1) is 12.6 Å². The summed E-state index contributed by atoms with van der Waals surface area (Å²) in [6.45, 7) is 5.27. The van der Waals surface area contributed by atoms with Crippen LogP contribution in [-0.4, -0.2) is 32.2 Å². The van der Waals surface area contributed by atoms with E-state index >= 15 is 0 Å². The van der Waals surface area contributed by atoms with E-state index in [1.165, 1.54) is 0 Å². The van der Waals surface area contributed by atoms with Gasteiger partial charge in [0.1, 0.15) is 0 Å². The first-order chi connectivity index (χ1) is 9.08. The minimum atomic E-state index is -0.0601. The molecular formula is C15H24N2O2. The first-order valence-electron chi connectivity index (χ1n) is 6.67. The average Bonchev–Trinajstić information content (AvgIpc) is 2.39. The van der Waals surface area contributed by atoms with E-state index in [0.717, 1.165) is 12.0 Å². The first-order valence-corrected chi connectivity index (χ1v) is 6.67. The summed E-state index contributed by atoms with van der Waals surface area (Å²) in [6, 6.07) is 7.60. The van der Waals surface area contributed by atoms with Gasteiger partial charge in [0.2, 0.25) is 0 Å². The number of hydrogen-bond donors (Lipinski definition) is 2. The lowest BCUT2D eigenvalue weighted by molar-refractivity contribution is 0.0866. The zero-order valence-corrected chi connectivity index (χ0v) is 12.0. The molecule has 0 radical (unpaired) electrons. The van der Waals surface area contributed by atoms with Crippen molar-refractivity contribution in [3.05, 3.63) is 35.4 Å². The molecule has 106 valence electrons. The van der Waals surface area contributed by atoms with Crippen LogP contribution in [0, 0.1) is 5.92 Å². The molecule has 3 N–H and O–H groups in total. The van der Waals surface area contributed by atoms with Crippen molar-refractivity contribution in [1.29, 1.82) is 0 Å². The van der Waals surface area contributed by atoms with Crippen molar-refractivity contribution in [2.24, 2.45) is 11.7 Å². The fraction of sp³-hybridized carbons (Fsp3) is 0.533. The maximum absolute atomic E-state index is 12.1. The lowest BCUT2D eigenvalue weighted by Gasteiger charge is -2.21. The molecule has 0 saturated heterocycles. The molecular weight excluding hydrogens is 240 g/mol. The minimum Gasteiger partial charge on any atom is -0.383 e. The van der Waals surface area contributed by atoms with Gasteiger partial charge < -0.3 is 15.8 Å². The Balaban J connectivity index is 2.66. The minimum absolute atomic E-state index is 0.0289. The van der Waals surface area contributed by atoms with Crippen molar-refractivity contribution < 1.29 is 9.53 Å². The number of rotatable bonds is 7. The van der Waals surface area contributed by atoms with Crippen molar-refractivity contribution in [3.63, 3.8) is 0 Å². The summed E-state index contributed by atoms with van der Waals surface area (Å²) in [7, 11) is 1.64. The third-order valence-corrected chi connectivity index (χ3v) is 3.12. The highest BCUT2D eigenvalue weighted by Crippen LogP contribution is 2.07. The molecule has 0 aliphatic carbocycles. The van der Waals surface area contributed by atoms with E-state index in [9.17, 15) is 4.79 Å². The Hall–Kier alpha value is -1.39. The lowest BCUT2D eigenvalue weighted by atomic mass is 10.0. The van der Waals surface area contributed by atoms with Gasteiger partial charge in [-0.15, -0.1) is 0 Å². The van der Waals surface area contributed by atoms with Crippen LogP contribution in [0.25, 0.3) is 0 Å². The number of methoxy groups -OCH3 is 1. The zero-order valence-electron chi connectivity index (χ0n) is 12.0. The van der Waals surface area contributed by atoms with Crippen LogP contribution in [-0.2, 0) is 11.2 Å². The van der Waals surface area contributed by atoms with Crippen molar-refractivity contribution >= 4 is 5.91 Å². The Labute approximate surface area is 115 Å². The molecule has 1 aromatic carbocycles. The fourth-order valence-corrected chi connectivity index (χ4v) is 1.82. The van der Waals surface area contributed by atoms with Gasteiger partial charge in [0, 0.05) is 12.7 Å². The van der Waals surface area contributed by atoms with E-state index < -0.39 is 0 Å². The molecule has 0 saturated carbocycles. The topological polar surface area (TPSA) is 64.3 Å². The number of carbonyl (C=O) groups excluding carboxylic acids is 1. The second-order valence-corrected chi connectivity index (χ2v) is 5.01. The van der Waals surface area contributed by atoms with Crippen LogP contribution in [0.3, 0.4) is 0 Å². The van der Waals surface area contributed by atoms with Gasteiger partial charge in [-0.2, -0.15) is 0 Å². The predicted molar refractivity (Wildman–Crippen MR) is 77.2 cm³/mol. The molecule has 0 aliphatic rings. The van der Waals surface area contributed by atoms with Crippen LogP contribution in [0.5, 0.6) is 0 Å². The molecule has 0 fully saturated rings. The molecule has 0 bridgehead atoms. The number of hydrogen-bond acceptors (Lipinski definition) is 3. The largest absolute Gasteiger partial charge is 0.383 e. The normalized spacial score (nSPS) is 12.5. The third-order valence-electron chi connectivity index (χ3n) is 3.12. The van der Waals surface area contributed by atoms with Crippen molar-refractivity contribution in [1.82, 2.24) is 5.32 Å². The number of carbonyl (C=O) groups is 1. The first kappa shape index (κ1) is 15.7. The molecule has 1 aromatic rings. The highest BCUT2D eigenvalue weighted by atomic mass is 16.5. The summed E-state index contributed by atoms with van der Waals surface area (Å²) in [6.07, 6.45) is 0.834. The zero-order chi connectivity index (χ0) is 14.3. The molecule has 0 aliphatic heterocycles. The Morgan fingerprint density at radius 2 is 1.95 bits per heavy atom. The monoisotopic (exact) mass is 264 g/mol.